The molecule has 208 valence electrons. The van der Waals surface area contributed by atoms with Crippen molar-refractivity contribution in [3.05, 3.63) is 73.3 Å². The summed E-state index contributed by atoms with van der Waals surface area (Å²) in [7, 11) is 0. The molecule has 2 fully saturated rings. The Morgan fingerprint density at radius 3 is 2.67 bits per heavy atom. The number of nitrogens with one attached hydrogen (secondary N) is 3. The van der Waals surface area contributed by atoms with Crippen molar-refractivity contribution in [3.8, 4) is 0 Å². The smallest absolute Gasteiger partial charge is 0.408 e. The number of hydrogen-bond acceptors (Lipinski definition) is 5. The molecule has 8 nitrogen and oxygen atoms in total. The van der Waals surface area contributed by atoms with Gasteiger partial charge in [-0.25, -0.2) is 4.79 Å². The highest BCUT2D eigenvalue weighted by atomic mass is 16.6. The van der Waals surface area contributed by atoms with Crippen LogP contribution in [0.5, 0.6) is 0 Å². The van der Waals surface area contributed by atoms with E-state index in [2.05, 4.69) is 20.8 Å². The molecule has 4 N–H and O–H groups in total. The van der Waals surface area contributed by atoms with Gasteiger partial charge in [0, 0.05) is 11.8 Å². The molecule has 5 unspecified atom stereocenters. The number of aliphatic hydroxyl groups is 1. The molecular weight excluding hydrogens is 492 g/mol. The van der Waals surface area contributed by atoms with E-state index < -0.39 is 23.6 Å². The average molecular weight is 533 g/mol. The highest BCUT2D eigenvalue weighted by Crippen LogP contribution is 2.41. The van der Waals surface area contributed by atoms with Crippen LogP contribution in [0.15, 0.2) is 54.6 Å². The van der Waals surface area contributed by atoms with Crippen LogP contribution in [0.3, 0.4) is 0 Å². The minimum absolute atomic E-state index is 0. The van der Waals surface area contributed by atoms with Gasteiger partial charge in [0.25, 0.3) is 0 Å². The van der Waals surface area contributed by atoms with Crippen molar-refractivity contribution in [2.75, 3.05) is 6.61 Å². The lowest BCUT2D eigenvalue weighted by Crippen LogP contribution is -2.61. The highest BCUT2D eigenvalue weighted by molar-refractivity contribution is 5.91. The van der Waals surface area contributed by atoms with Crippen molar-refractivity contribution in [2.45, 2.75) is 76.0 Å². The van der Waals surface area contributed by atoms with E-state index >= 15 is 0 Å². The van der Waals surface area contributed by atoms with Crippen molar-refractivity contribution in [1.29, 1.82) is 0 Å². The number of rotatable bonds is 9. The second-order valence-corrected chi connectivity index (χ2v) is 11.2. The number of fused-ring (bicyclic) bond motifs is 3. The van der Waals surface area contributed by atoms with Crippen molar-refractivity contribution < 1.29 is 19.4 Å². The van der Waals surface area contributed by atoms with Gasteiger partial charge in [-0.15, -0.1) is 0 Å². The van der Waals surface area contributed by atoms with Gasteiger partial charge in [-0.1, -0.05) is 68.8 Å². The van der Waals surface area contributed by atoms with Gasteiger partial charge in [0.15, 0.2) is 0 Å². The summed E-state index contributed by atoms with van der Waals surface area (Å²) in [6.45, 7) is 1.47. The Morgan fingerprint density at radius 1 is 1.10 bits per heavy atom. The number of aromatic nitrogens is 2. The summed E-state index contributed by atoms with van der Waals surface area (Å²) in [5.41, 5.74) is 1.19. The van der Waals surface area contributed by atoms with E-state index in [1.807, 2.05) is 54.6 Å². The molecule has 2 radical (unpaired) electrons. The first-order valence-corrected chi connectivity index (χ1v) is 13.8. The molecule has 2 bridgehead atoms. The quantitative estimate of drug-likeness (QED) is 0.321. The van der Waals surface area contributed by atoms with Gasteiger partial charge in [-0.3, -0.25) is 9.89 Å². The number of hydrogen-bond donors (Lipinski definition) is 4. The fraction of sp³-hybridized carbons (Fsp3) is 0.484. The summed E-state index contributed by atoms with van der Waals surface area (Å²) in [4.78, 5) is 27.0. The number of carbonyl (C=O) groups excluding carboxylic acids is 2. The molecule has 1 aromatic heterocycles. The predicted octanol–water partition coefficient (Wildman–Crippen LogP) is 4.61. The molecule has 5 rings (SSSR count). The van der Waals surface area contributed by atoms with Crippen LogP contribution in [0.1, 0.15) is 56.7 Å². The van der Waals surface area contributed by atoms with E-state index in [1.54, 1.807) is 6.92 Å². The Bertz CT molecular complexity index is 1250. The second kappa shape index (κ2) is 12.6. The summed E-state index contributed by atoms with van der Waals surface area (Å²) >= 11 is 0. The van der Waals surface area contributed by atoms with Gasteiger partial charge in [0.2, 0.25) is 5.91 Å². The lowest BCUT2D eigenvalue weighted by Gasteiger charge is -2.40. The summed E-state index contributed by atoms with van der Waals surface area (Å²) in [6, 6.07) is 16.9. The Labute approximate surface area is 230 Å². The molecule has 39 heavy (non-hydrogen) atoms. The van der Waals surface area contributed by atoms with E-state index in [1.165, 1.54) is 12.8 Å². The van der Waals surface area contributed by atoms with Crippen LogP contribution in [0.25, 0.3) is 10.9 Å². The zero-order valence-electron chi connectivity index (χ0n) is 22.7. The Balaban J connectivity index is 0.00000353. The maximum Gasteiger partial charge on any atom is 0.408 e. The van der Waals surface area contributed by atoms with Gasteiger partial charge >= 0.3 is 6.09 Å². The molecular formula is C31H40N4O4. The average Bonchev–Trinajstić information content (AvgIpc) is 3.33. The van der Waals surface area contributed by atoms with Crippen LogP contribution < -0.4 is 10.6 Å². The maximum absolute atomic E-state index is 13.8. The van der Waals surface area contributed by atoms with E-state index in [0.717, 1.165) is 48.1 Å². The van der Waals surface area contributed by atoms with E-state index in [0.29, 0.717) is 18.0 Å². The SMILES string of the molecule is CC(Cc1n[nH]c2ccccc12)(NC(=O)OC1CCC2CCCC1C2)C(=O)NC(CO)Cc1ccccc1.[CH2]. The van der Waals surface area contributed by atoms with Crippen LogP contribution in [-0.2, 0) is 22.4 Å². The Hall–Kier alpha value is -3.39. The van der Waals surface area contributed by atoms with Crippen LogP contribution in [0, 0.1) is 19.3 Å². The van der Waals surface area contributed by atoms with E-state index in [4.69, 9.17) is 4.74 Å². The van der Waals surface area contributed by atoms with Crippen LogP contribution >= 0.6 is 0 Å². The number of nitrogens with zero attached hydrogens (tertiary/aromatic N) is 1. The molecule has 5 atom stereocenters. The number of aromatic amines is 1. The van der Waals surface area contributed by atoms with Crippen LogP contribution in [-0.4, -0.2) is 51.6 Å². The van der Waals surface area contributed by atoms with Crippen molar-refractivity contribution in [3.63, 3.8) is 0 Å². The minimum atomic E-state index is -1.34. The summed E-state index contributed by atoms with van der Waals surface area (Å²) in [6.07, 6.45) is 6.57. The topological polar surface area (TPSA) is 116 Å². The first-order valence-electron chi connectivity index (χ1n) is 13.8. The van der Waals surface area contributed by atoms with Crippen molar-refractivity contribution in [1.82, 2.24) is 20.8 Å². The summed E-state index contributed by atoms with van der Waals surface area (Å²) in [5.74, 6) is 0.756. The van der Waals surface area contributed by atoms with Crippen molar-refractivity contribution in [2.24, 2.45) is 11.8 Å². The molecule has 2 aliphatic carbocycles. The number of alkyl carbamates (subject to hydrolysis) is 1. The minimum Gasteiger partial charge on any atom is -0.446 e. The molecule has 1 heterocycles. The number of ether oxygens (including phenoxy) is 1. The monoisotopic (exact) mass is 532 g/mol. The third-order valence-electron chi connectivity index (χ3n) is 8.30. The van der Waals surface area contributed by atoms with E-state index in [-0.39, 0.29) is 26.6 Å². The normalized spacial score (nSPS) is 22.7. The van der Waals surface area contributed by atoms with Gasteiger partial charge in [-0.05, 0) is 62.5 Å². The van der Waals surface area contributed by atoms with Gasteiger partial charge in [0.1, 0.15) is 11.6 Å². The molecule has 2 aliphatic rings. The van der Waals surface area contributed by atoms with Gasteiger partial charge in [0.05, 0.1) is 23.9 Å². The molecule has 2 aromatic carbocycles. The largest absolute Gasteiger partial charge is 0.446 e. The van der Waals surface area contributed by atoms with Gasteiger partial charge in [-0.2, -0.15) is 5.10 Å². The number of amides is 2. The zero-order chi connectivity index (χ0) is 26.5. The fourth-order valence-corrected chi connectivity index (χ4v) is 6.19. The number of para-hydroxylation sites is 1. The summed E-state index contributed by atoms with van der Waals surface area (Å²) in [5, 5.41) is 24.3. The third kappa shape index (κ3) is 6.79. The molecule has 2 saturated carbocycles. The standard InChI is InChI=1S/C30H38N4O4.CH2/c1-30(18-26-24-12-5-6-13-25(24)33-34-26,28(36)31-23(19-35)17-20-8-3-2-4-9-20)32-29(37)38-27-15-14-21-10-7-11-22(27)16-21;/h2-6,8-9,12-13,21-23,27,35H,7,10-11,14-19H2,1H3,(H,31,36)(H,32,37)(H,33,34);1H2. The molecule has 0 saturated heterocycles. The Kier molecular flexibility index (Phi) is 9.28. The highest BCUT2D eigenvalue weighted by Gasteiger charge is 2.40. The van der Waals surface area contributed by atoms with Gasteiger partial charge < -0.3 is 20.5 Å². The lowest BCUT2D eigenvalue weighted by molar-refractivity contribution is -0.128. The number of aliphatic hydroxyl groups excluding tert-OH is 1. The zero-order valence-corrected chi connectivity index (χ0v) is 22.7. The van der Waals surface area contributed by atoms with E-state index in [9.17, 15) is 14.7 Å². The molecule has 0 spiro atoms. The molecule has 8 heteroatoms. The van der Waals surface area contributed by atoms with Crippen LogP contribution in [0.4, 0.5) is 4.79 Å². The Morgan fingerprint density at radius 2 is 1.87 bits per heavy atom. The van der Waals surface area contributed by atoms with Crippen LogP contribution in [0.2, 0.25) is 0 Å². The number of benzene rings is 2. The number of H-pyrrole nitrogens is 1. The molecule has 3 aromatic rings. The fourth-order valence-electron chi connectivity index (χ4n) is 6.19. The van der Waals surface area contributed by atoms with Crippen molar-refractivity contribution >= 4 is 22.9 Å². The maximum atomic E-state index is 13.8. The number of carbonyl (C=O) groups is 2. The summed E-state index contributed by atoms with van der Waals surface area (Å²) < 4.78 is 5.95. The second-order valence-electron chi connectivity index (χ2n) is 11.2. The first-order chi connectivity index (χ1) is 18.4. The molecule has 0 aliphatic heterocycles. The third-order valence-corrected chi connectivity index (χ3v) is 8.30. The predicted molar refractivity (Wildman–Crippen MR) is 151 cm³/mol. The molecule has 2 amide bonds. The first kappa shape index (κ1) is 28.6. The lowest BCUT2D eigenvalue weighted by atomic mass is 9.71.